The Balaban J connectivity index is 2.02. The highest BCUT2D eigenvalue weighted by Crippen LogP contribution is 2.21. The van der Waals surface area contributed by atoms with Crippen LogP contribution >= 0.6 is 0 Å². The van der Waals surface area contributed by atoms with Crippen molar-refractivity contribution in [3.05, 3.63) is 29.6 Å². The molecule has 1 aliphatic rings. The van der Waals surface area contributed by atoms with E-state index in [1.54, 1.807) is 6.07 Å². The first-order valence-electron chi connectivity index (χ1n) is 6.90. The Labute approximate surface area is 113 Å². The number of hydrogen-bond donors (Lipinski definition) is 2. The van der Waals surface area contributed by atoms with Crippen LogP contribution in [-0.4, -0.2) is 18.5 Å². The van der Waals surface area contributed by atoms with Crippen LogP contribution < -0.4 is 10.6 Å². The maximum Gasteiger partial charge on any atom is 0.241 e. The van der Waals surface area contributed by atoms with Gasteiger partial charge in [0.25, 0.3) is 0 Å². The van der Waals surface area contributed by atoms with Crippen molar-refractivity contribution in [1.29, 1.82) is 0 Å². The molecule has 2 atom stereocenters. The second kappa shape index (κ2) is 6.15. The smallest absolute Gasteiger partial charge is 0.241 e. The Bertz CT molecular complexity index is 461. The zero-order valence-corrected chi connectivity index (χ0v) is 11.5. The van der Waals surface area contributed by atoms with Crippen molar-refractivity contribution in [1.82, 2.24) is 5.32 Å². The molecule has 0 radical (unpaired) electrons. The first kappa shape index (κ1) is 14.0. The topological polar surface area (TPSA) is 41.1 Å². The highest BCUT2D eigenvalue weighted by molar-refractivity contribution is 5.95. The molecule has 3 nitrogen and oxygen atoms in total. The van der Waals surface area contributed by atoms with Gasteiger partial charge in [-0.3, -0.25) is 4.79 Å². The fourth-order valence-corrected chi connectivity index (χ4v) is 2.52. The van der Waals surface area contributed by atoms with Crippen LogP contribution in [0.1, 0.15) is 31.7 Å². The molecule has 2 N–H and O–H groups in total. The molecule has 4 heteroatoms. The van der Waals surface area contributed by atoms with Crippen molar-refractivity contribution in [2.45, 2.75) is 39.2 Å². The highest BCUT2D eigenvalue weighted by Gasteiger charge is 2.26. The summed E-state index contributed by atoms with van der Waals surface area (Å²) in [5, 5.41) is 6.06. The van der Waals surface area contributed by atoms with Crippen molar-refractivity contribution < 1.29 is 9.18 Å². The van der Waals surface area contributed by atoms with Gasteiger partial charge in [0.1, 0.15) is 5.82 Å². The van der Waals surface area contributed by atoms with E-state index in [9.17, 15) is 9.18 Å². The van der Waals surface area contributed by atoms with E-state index in [0.717, 1.165) is 31.4 Å². The SMILES string of the molecule is CCC1CCNC(C(=O)Nc2cc(F)ccc2C)C1. The van der Waals surface area contributed by atoms with Crippen LogP contribution in [0.2, 0.25) is 0 Å². The van der Waals surface area contributed by atoms with Gasteiger partial charge in [-0.25, -0.2) is 4.39 Å². The van der Waals surface area contributed by atoms with Gasteiger partial charge in [0.15, 0.2) is 0 Å². The van der Waals surface area contributed by atoms with E-state index in [1.165, 1.54) is 12.1 Å². The minimum absolute atomic E-state index is 0.0631. The van der Waals surface area contributed by atoms with Crippen LogP contribution in [0.5, 0.6) is 0 Å². The van der Waals surface area contributed by atoms with Crippen LogP contribution in [0, 0.1) is 18.7 Å². The molecule has 1 aromatic rings. The summed E-state index contributed by atoms with van der Waals surface area (Å²) in [7, 11) is 0. The lowest BCUT2D eigenvalue weighted by molar-refractivity contribution is -0.119. The number of piperidine rings is 1. The number of carbonyl (C=O) groups excluding carboxylic acids is 1. The monoisotopic (exact) mass is 264 g/mol. The number of carbonyl (C=O) groups is 1. The van der Waals surface area contributed by atoms with Crippen LogP contribution in [0.3, 0.4) is 0 Å². The molecule has 19 heavy (non-hydrogen) atoms. The van der Waals surface area contributed by atoms with Gasteiger partial charge in [-0.2, -0.15) is 0 Å². The van der Waals surface area contributed by atoms with Crippen LogP contribution in [0.4, 0.5) is 10.1 Å². The molecule has 1 fully saturated rings. The van der Waals surface area contributed by atoms with Gasteiger partial charge in [-0.15, -0.1) is 0 Å². The Kier molecular flexibility index (Phi) is 4.53. The third-order valence-corrected chi connectivity index (χ3v) is 3.86. The van der Waals surface area contributed by atoms with Gasteiger partial charge in [0, 0.05) is 5.69 Å². The summed E-state index contributed by atoms with van der Waals surface area (Å²) in [5.74, 6) is 0.210. The Morgan fingerprint density at radius 3 is 3.05 bits per heavy atom. The van der Waals surface area contributed by atoms with Crippen molar-refractivity contribution >= 4 is 11.6 Å². The van der Waals surface area contributed by atoms with E-state index in [1.807, 2.05) is 6.92 Å². The lowest BCUT2D eigenvalue weighted by atomic mass is 9.90. The highest BCUT2D eigenvalue weighted by atomic mass is 19.1. The van der Waals surface area contributed by atoms with Crippen LogP contribution in [-0.2, 0) is 4.79 Å². The second-order valence-corrected chi connectivity index (χ2v) is 5.25. The summed E-state index contributed by atoms with van der Waals surface area (Å²) in [6.07, 6.45) is 3.08. The quantitative estimate of drug-likeness (QED) is 0.881. The fourth-order valence-electron chi connectivity index (χ4n) is 2.52. The molecule has 1 aromatic carbocycles. The molecule has 0 aliphatic carbocycles. The fraction of sp³-hybridized carbons (Fsp3) is 0.533. The summed E-state index contributed by atoms with van der Waals surface area (Å²) in [5.41, 5.74) is 1.43. The maximum absolute atomic E-state index is 13.2. The number of halogens is 1. The van der Waals surface area contributed by atoms with E-state index in [4.69, 9.17) is 0 Å². The minimum atomic E-state index is -0.330. The number of aryl methyl sites for hydroxylation is 1. The molecule has 2 unspecified atom stereocenters. The Morgan fingerprint density at radius 1 is 1.53 bits per heavy atom. The molecule has 0 saturated carbocycles. The minimum Gasteiger partial charge on any atom is -0.324 e. The molecule has 1 amide bonds. The molecule has 1 heterocycles. The molecule has 0 bridgehead atoms. The van der Waals surface area contributed by atoms with E-state index in [0.29, 0.717) is 11.6 Å². The summed E-state index contributed by atoms with van der Waals surface area (Å²) in [4.78, 5) is 12.2. The molecule has 0 aromatic heterocycles. The van der Waals surface area contributed by atoms with Crippen molar-refractivity contribution in [3.8, 4) is 0 Å². The third-order valence-electron chi connectivity index (χ3n) is 3.86. The van der Waals surface area contributed by atoms with Crippen molar-refractivity contribution in [2.24, 2.45) is 5.92 Å². The Hall–Kier alpha value is -1.42. The average molecular weight is 264 g/mol. The first-order valence-corrected chi connectivity index (χ1v) is 6.90. The van der Waals surface area contributed by atoms with Crippen molar-refractivity contribution in [2.75, 3.05) is 11.9 Å². The van der Waals surface area contributed by atoms with Gasteiger partial charge in [-0.1, -0.05) is 19.4 Å². The number of anilines is 1. The molecule has 1 aliphatic heterocycles. The third kappa shape index (κ3) is 3.53. The van der Waals surface area contributed by atoms with Crippen LogP contribution in [0.25, 0.3) is 0 Å². The molecule has 104 valence electrons. The van der Waals surface area contributed by atoms with Gasteiger partial charge in [0.2, 0.25) is 5.91 Å². The van der Waals surface area contributed by atoms with Gasteiger partial charge < -0.3 is 10.6 Å². The zero-order chi connectivity index (χ0) is 13.8. The lowest BCUT2D eigenvalue weighted by Gasteiger charge is -2.29. The summed E-state index contributed by atoms with van der Waals surface area (Å²) in [6.45, 7) is 4.89. The first-order chi connectivity index (χ1) is 9.10. The van der Waals surface area contributed by atoms with E-state index in [-0.39, 0.29) is 17.8 Å². The number of rotatable bonds is 3. The molecular weight excluding hydrogens is 243 g/mol. The number of benzene rings is 1. The predicted molar refractivity (Wildman–Crippen MR) is 74.6 cm³/mol. The maximum atomic E-state index is 13.2. The van der Waals surface area contributed by atoms with Crippen molar-refractivity contribution in [3.63, 3.8) is 0 Å². The van der Waals surface area contributed by atoms with E-state index in [2.05, 4.69) is 17.6 Å². The van der Waals surface area contributed by atoms with Gasteiger partial charge in [0.05, 0.1) is 6.04 Å². The summed E-state index contributed by atoms with van der Waals surface area (Å²) >= 11 is 0. The molecule has 1 saturated heterocycles. The molecule has 2 rings (SSSR count). The molecule has 0 spiro atoms. The van der Waals surface area contributed by atoms with Gasteiger partial charge >= 0.3 is 0 Å². The van der Waals surface area contributed by atoms with E-state index < -0.39 is 0 Å². The number of hydrogen-bond acceptors (Lipinski definition) is 2. The van der Waals surface area contributed by atoms with Gasteiger partial charge in [-0.05, 0) is 49.9 Å². The van der Waals surface area contributed by atoms with Crippen LogP contribution in [0.15, 0.2) is 18.2 Å². The lowest BCUT2D eigenvalue weighted by Crippen LogP contribution is -2.46. The zero-order valence-electron chi connectivity index (χ0n) is 11.5. The predicted octanol–water partition coefficient (Wildman–Crippen LogP) is 2.85. The molecular formula is C15H21FN2O. The number of nitrogens with one attached hydrogen (secondary N) is 2. The summed E-state index contributed by atoms with van der Waals surface area (Å²) < 4.78 is 13.2. The average Bonchev–Trinajstić information content (AvgIpc) is 2.43. The normalized spacial score (nSPS) is 23.1. The Morgan fingerprint density at radius 2 is 2.32 bits per heavy atom. The van der Waals surface area contributed by atoms with E-state index >= 15 is 0 Å². The second-order valence-electron chi connectivity index (χ2n) is 5.25. The largest absolute Gasteiger partial charge is 0.324 e. The standard InChI is InChI=1S/C15H21FN2O/c1-3-11-6-7-17-14(8-11)15(19)18-13-9-12(16)5-4-10(13)2/h4-5,9,11,14,17H,3,6-8H2,1-2H3,(H,18,19). The number of amides is 1. The summed E-state index contributed by atoms with van der Waals surface area (Å²) in [6, 6.07) is 4.28.